The third kappa shape index (κ3) is 24.9. The molecule has 18 nitrogen and oxygen atoms in total. The van der Waals surface area contributed by atoms with E-state index in [4.69, 9.17) is 90.9 Å². The molecule has 7 aromatic rings. The standard InChI is InChI=1S/C55H71Cl4N5O4S.C33H39Cl3N6O3/c1-9-13-14-15-16-17-18-19-20-21-22-27-48(65)60-38-29-30-40(57)44(35-38)61-51-50(53(67)64(63-51)49-41(58)33-37(56)34-42(49)59)69-47-26-24-23-25-43(47)62-52(66)45(10-2)68-46-31-28-36(54(5,6)11-3)32-39(46)55(7,8)12-4;1-5-7-14-37-30(43)23(17-21(3)22-12-9-8-10-13-22)20-33(4,6-2)32(45)39-29-28(41-16-11-15-38-41)31(44)42(40-29)27-25(35)18-24(34)19-26(27)36/h23-26,28-35,45,50H,9-22,27H2,1-8H3,(H,60,65)(H,61,63)(H,62,66);8-13,15-16,18-19,21,23,28H,5-7,14,17,20H2,1-4H3,(H,37,43)(H,39,40,45). The van der Waals surface area contributed by atoms with Gasteiger partial charge < -0.3 is 26.0 Å². The smallest absolute Gasteiger partial charge is 0.280 e. The molecule has 0 saturated carbocycles. The Balaban J connectivity index is 0.000000312. The first kappa shape index (κ1) is 92.2. The SMILES string of the molecule is CCCCCCCCCCCCCC(=O)Nc1ccc(Cl)c(N=C2NN(c3c(Cl)cc(Cl)cc3Cl)C(=O)C2Sc2ccccc2NC(=O)C(CC)Oc2ccc(C(C)(C)CC)cc2C(C)(C)CC)c1.CCCCNC(=O)C(CC(C)c1ccccc1)CC(C)(CC)C(=O)NC1=NN(c2c(Cl)cc(Cl)cc2Cl)C(=O)C1n1cccn1. The Bertz CT molecular complexity index is 4460. The fourth-order valence-corrected chi connectivity index (χ4v) is 16.7. The quantitative estimate of drug-likeness (QED) is 0.0229. The van der Waals surface area contributed by atoms with Crippen LogP contribution in [0.2, 0.25) is 35.2 Å². The monoisotopic (exact) mass is 1710 g/mol. The molecule has 6 unspecified atom stereocenters. The molecule has 2 aliphatic heterocycles. The van der Waals surface area contributed by atoms with Crippen molar-refractivity contribution in [1.29, 1.82) is 0 Å². The molecule has 1 fully saturated rings. The summed E-state index contributed by atoms with van der Waals surface area (Å²) >= 11 is 46.5. The molecule has 2 aliphatic rings. The maximum absolute atomic E-state index is 14.6. The lowest BCUT2D eigenvalue weighted by molar-refractivity contribution is -0.132. The lowest BCUT2D eigenvalue weighted by Crippen LogP contribution is -2.47. The van der Waals surface area contributed by atoms with Crippen molar-refractivity contribution in [2.75, 3.05) is 27.2 Å². The number of amides is 6. The first-order valence-electron chi connectivity index (χ1n) is 39.9. The molecular weight excluding hydrogens is 1600 g/mol. The molecule has 5 N–H and O–H groups in total. The number of ether oxygens (including phenoxy) is 1. The lowest BCUT2D eigenvalue weighted by Gasteiger charge is -2.32. The zero-order valence-electron chi connectivity index (χ0n) is 67.5. The number of unbranched alkanes of at least 4 members (excludes halogenated alkanes) is 11. The van der Waals surface area contributed by atoms with Crippen molar-refractivity contribution in [3.8, 4) is 5.75 Å². The van der Waals surface area contributed by atoms with Gasteiger partial charge in [0.05, 0.1) is 36.5 Å². The summed E-state index contributed by atoms with van der Waals surface area (Å²) < 4.78 is 8.01. The normalized spacial score (nSPS) is 16.0. The first-order valence-corrected chi connectivity index (χ1v) is 43.5. The van der Waals surface area contributed by atoms with E-state index in [0.717, 1.165) is 61.1 Å². The summed E-state index contributed by atoms with van der Waals surface area (Å²) in [6.07, 6.45) is 21.4. The first-order chi connectivity index (χ1) is 54.4. The highest BCUT2D eigenvalue weighted by Crippen LogP contribution is 2.45. The molecule has 6 atom stereocenters. The molecule has 614 valence electrons. The number of nitrogens with one attached hydrogen (secondary N) is 5. The molecular formula is C88H110Cl7N11O7S. The van der Waals surface area contributed by atoms with Crippen LogP contribution in [0.3, 0.4) is 0 Å². The van der Waals surface area contributed by atoms with E-state index in [1.807, 2.05) is 63.2 Å². The van der Waals surface area contributed by atoms with Crippen molar-refractivity contribution in [2.24, 2.45) is 21.4 Å². The number of hydrazine groups is 1. The minimum Gasteiger partial charge on any atom is -0.480 e. The summed E-state index contributed by atoms with van der Waals surface area (Å²) in [5.74, 6) is -1.17. The highest BCUT2D eigenvalue weighted by atomic mass is 35.5. The van der Waals surface area contributed by atoms with Gasteiger partial charge in [0, 0.05) is 62.9 Å². The van der Waals surface area contributed by atoms with Gasteiger partial charge in [-0.3, -0.25) is 38.9 Å². The molecule has 3 heterocycles. The molecule has 6 amide bonds. The Morgan fingerprint density at radius 1 is 0.623 bits per heavy atom. The van der Waals surface area contributed by atoms with Crippen LogP contribution < -0.4 is 41.4 Å². The number of rotatable bonds is 39. The topological polar surface area (TPSA) is 221 Å². The zero-order valence-corrected chi connectivity index (χ0v) is 73.6. The average Bonchev–Trinajstić information content (AvgIpc) is 1.53. The molecule has 0 aliphatic carbocycles. The van der Waals surface area contributed by atoms with E-state index in [1.165, 1.54) is 109 Å². The minimum absolute atomic E-state index is 0.0232. The second-order valence-electron chi connectivity index (χ2n) is 30.9. The van der Waals surface area contributed by atoms with E-state index in [1.54, 1.807) is 36.5 Å². The Labute approximate surface area is 713 Å². The molecule has 1 saturated heterocycles. The van der Waals surface area contributed by atoms with E-state index >= 15 is 0 Å². The van der Waals surface area contributed by atoms with Crippen LogP contribution in [0.1, 0.15) is 240 Å². The fourth-order valence-electron chi connectivity index (χ4n) is 13.5. The van der Waals surface area contributed by atoms with Gasteiger partial charge in [-0.1, -0.05) is 290 Å². The van der Waals surface area contributed by atoms with E-state index in [-0.39, 0.29) is 83.5 Å². The third-order valence-electron chi connectivity index (χ3n) is 21.5. The second-order valence-corrected chi connectivity index (χ2v) is 34.9. The summed E-state index contributed by atoms with van der Waals surface area (Å²) in [6.45, 7) is 25.9. The number of carbonyl (C=O) groups excluding carboxylic acids is 6. The van der Waals surface area contributed by atoms with Crippen LogP contribution >= 0.6 is 93.0 Å². The van der Waals surface area contributed by atoms with Gasteiger partial charge >= 0.3 is 0 Å². The van der Waals surface area contributed by atoms with E-state index in [0.29, 0.717) is 81.4 Å². The number of aliphatic imine (C=N–C) groups is 1. The van der Waals surface area contributed by atoms with Gasteiger partial charge in [-0.05, 0) is 146 Å². The molecule has 6 aromatic carbocycles. The molecule has 0 bridgehead atoms. The summed E-state index contributed by atoms with van der Waals surface area (Å²) in [7, 11) is 0. The Hall–Kier alpha value is -7.33. The number of hydrogen-bond donors (Lipinski definition) is 5. The predicted molar refractivity (Wildman–Crippen MR) is 473 cm³/mol. The third-order valence-corrected chi connectivity index (χ3v) is 24.7. The number of thioether (sulfide) groups is 1. The van der Waals surface area contributed by atoms with Gasteiger partial charge in [0.1, 0.15) is 28.2 Å². The van der Waals surface area contributed by atoms with Crippen LogP contribution in [0.25, 0.3) is 0 Å². The summed E-state index contributed by atoms with van der Waals surface area (Å²) in [4.78, 5) is 88.7. The van der Waals surface area contributed by atoms with Crippen molar-refractivity contribution in [1.82, 2.24) is 25.8 Å². The number of amidine groups is 2. The zero-order chi connectivity index (χ0) is 83.0. The highest BCUT2D eigenvalue weighted by molar-refractivity contribution is 8.01. The van der Waals surface area contributed by atoms with Crippen molar-refractivity contribution < 1.29 is 33.5 Å². The van der Waals surface area contributed by atoms with Crippen molar-refractivity contribution in [3.05, 3.63) is 186 Å². The predicted octanol–water partition coefficient (Wildman–Crippen LogP) is 24.2. The number of hydrazone groups is 1. The van der Waals surface area contributed by atoms with Crippen LogP contribution in [0.4, 0.5) is 28.4 Å². The Morgan fingerprint density at radius 2 is 1.23 bits per heavy atom. The maximum atomic E-state index is 14.6. The van der Waals surface area contributed by atoms with E-state index < -0.39 is 40.5 Å². The van der Waals surface area contributed by atoms with Crippen LogP contribution in [0.5, 0.6) is 5.75 Å². The molecule has 0 radical (unpaired) electrons. The molecule has 9 rings (SSSR count). The van der Waals surface area contributed by atoms with Crippen LogP contribution in [-0.2, 0) is 39.6 Å². The van der Waals surface area contributed by atoms with Gasteiger partial charge in [-0.2, -0.15) is 10.1 Å². The van der Waals surface area contributed by atoms with Crippen LogP contribution in [0, 0.1) is 11.3 Å². The fraction of sp³-hybridized carbons (Fsp3) is 0.466. The number of aromatic nitrogens is 2. The molecule has 26 heteroatoms. The lowest BCUT2D eigenvalue weighted by atomic mass is 9.74. The average molecular weight is 1710 g/mol. The minimum atomic E-state index is -1.07. The number of benzene rings is 6. The van der Waals surface area contributed by atoms with Crippen LogP contribution in [0.15, 0.2) is 149 Å². The number of nitrogens with zero attached hydrogens (tertiary/aromatic N) is 6. The summed E-state index contributed by atoms with van der Waals surface area (Å²) in [6, 6.07) is 35.2. The highest BCUT2D eigenvalue weighted by Gasteiger charge is 2.46. The van der Waals surface area contributed by atoms with Gasteiger partial charge in [0.2, 0.25) is 17.7 Å². The summed E-state index contributed by atoms with van der Waals surface area (Å²) in [5.41, 5.74) is 7.02. The number of carbonyl (C=O) groups is 6. The number of hydrogen-bond acceptors (Lipinski definition) is 11. The molecule has 0 spiro atoms. The van der Waals surface area contributed by atoms with E-state index in [2.05, 4.69) is 123 Å². The van der Waals surface area contributed by atoms with Crippen molar-refractivity contribution in [2.45, 2.75) is 251 Å². The van der Waals surface area contributed by atoms with Gasteiger partial charge in [0.15, 0.2) is 18.0 Å². The number of para-hydroxylation sites is 1. The van der Waals surface area contributed by atoms with E-state index in [9.17, 15) is 28.8 Å². The largest absolute Gasteiger partial charge is 0.480 e. The molecule has 114 heavy (non-hydrogen) atoms. The van der Waals surface area contributed by atoms with Crippen molar-refractivity contribution >= 4 is 169 Å². The maximum Gasteiger partial charge on any atom is 0.280 e. The van der Waals surface area contributed by atoms with Crippen LogP contribution in [-0.4, -0.2) is 74.8 Å². The number of anilines is 4. The Kier molecular flexibility index (Phi) is 35.4. The second kappa shape index (κ2) is 43.8. The summed E-state index contributed by atoms with van der Waals surface area (Å²) in [5, 5.41) is 23.6. The van der Waals surface area contributed by atoms with Gasteiger partial charge in [0.25, 0.3) is 17.7 Å². The van der Waals surface area contributed by atoms with Gasteiger partial charge in [-0.25, -0.2) is 10.0 Å². The molecule has 1 aromatic heterocycles. The van der Waals surface area contributed by atoms with Gasteiger partial charge in [-0.15, -0.1) is 16.9 Å². The Morgan fingerprint density at radius 3 is 1.82 bits per heavy atom. The van der Waals surface area contributed by atoms with Crippen molar-refractivity contribution in [3.63, 3.8) is 0 Å². The number of halogens is 7.